The molecule has 1 aliphatic heterocycles. The minimum absolute atomic E-state index is 0.00657. The number of hydrogen-bond donors (Lipinski definition) is 1. The molecule has 0 saturated carbocycles. The van der Waals surface area contributed by atoms with Gasteiger partial charge in [0, 0.05) is 0 Å². The number of ether oxygens (including phenoxy) is 3. The molecular weight excluding hydrogens is 480 g/mol. The zero-order chi connectivity index (χ0) is 25.7. The first kappa shape index (κ1) is 25.1. The number of nitrogens with one attached hydrogen (secondary N) is 1. The van der Waals surface area contributed by atoms with Crippen molar-refractivity contribution in [1.29, 1.82) is 0 Å². The minimum Gasteiger partial charge on any atom is -0.490 e. The van der Waals surface area contributed by atoms with Crippen molar-refractivity contribution < 1.29 is 23.8 Å². The first-order chi connectivity index (χ1) is 17.4. The van der Waals surface area contributed by atoms with Crippen molar-refractivity contribution in [2.24, 2.45) is 0 Å². The third-order valence-corrected chi connectivity index (χ3v) is 5.75. The standard InChI is InChI=1S/C28H27ClN2O5/c1-4-34-25-17-20(15-22-27(32)30-31(28(22)33)21-8-6-5-7-9-21)16-23(29)26(25)36-13-12-35-24-11-10-18(2)14-19(24)3/h5-11,14-17H,4,12-13H2,1-3H3,(H,30,32)/b22-15-. The van der Waals surface area contributed by atoms with Gasteiger partial charge in [0.05, 0.1) is 17.3 Å². The van der Waals surface area contributed by atoms with E-state index in [9.17, 15) is 9.59 Å². The molecule has 0 bridgehead atoms. The van der Waals surface area contributed by atoms with E-state index < -0.39 is 11.8 Å². The van der Waals surface area contributed by atoms with Crippen LogP contribution in [0, 0.1) is 13.8 Å². The molecule has 0 unspecified atom stereocenters. The number of carbonyl (C=O) groups excluding carboxylic acids is 2. The quantitative estimate of drug-likeness (QED) is 0.243. The van der Waals surface area contributed by atoms with Crippen LogP contribution in [0.1, 0.15) is 23.6 Å². The van der Waals surface area contributed by atoms with Crippen LogP contribution in [0.15, 0.2) is 66.2 Å². The Bertz CT molecular complexity index is 1310. The van der Waals surface area contributed by atoms with Crippen LogP contribution < -0.4 is 24.6 Å². The number of anilines is 1. The minimum atomic E-state index is -0.498. The maximum atomic E-state index is 12.9. The second-order valence-electron chi connectivity index (χ2n) is 8.20. The van der Waals surface area contributed by atoms with Gasteiger partial charge in [-0.15, -0.1) is 0 Å². The Hall–Kier alpha value is -3.97. The number of hydrazine groups is 1. The van der Waals surface area contributed by atoms with Crippen LogP contribution in [-0.4, -0.2) is 31.6 Å². The molecule has 1 N–H and O–H groups in total. The van der Waals surface area contributed by atoms with E-state index in [2.05, 4.69) is 11.5 Å². The van der Waals surface area contributed by atoms with Crippen molar-refractivity contribution in [2.45, 2.75) is 20.8 Å². The fourth-order valence-electron chi connectivity index (χ4n) is 3.81. The van der Waals surface area contributed by atoms with Gasteiger partial charge in [-0.05, 0) is 68.3 Å². The molecule has 36 heavy (non-hydrogen) atoms. The van der Waals surface area contributed by atoms with Crippen LogP contribution in [-0.2, 0) is 9.59 Å². The lowest BCUT2D eigenvalue weighted by Gasteiger charge is -2.15. The van der Waals surface area contributed by atoms with E-state index in [1.807, 2.05) is 39.0 Å². The summed E-state index contributed by atoms with van der Waals surface area (Å²) in [5, 5.41) is 1.51. The topological polar surface area (TPSA) is 77.1 Å². The monoisotopic (exact) mass is 506 g/mol. The van der Waals surface area contributed by atoms with Gasteiger partial charge in [0.1, 0.15) is 24.5 Å². The maximum absolute atomic E-state index is 12.9. The van der Waals surface area contributed by atoms with Crippen LogP contribution in [0.2, 0.25) is 5.02 Å². The maximum Gasteiger partial charge on any atom is 0.282 e. The number of carbonyl (C=O) groups is 2. The molecule has 0 aromatic heterocycles. The lowest BCUT2D eigenvalue weighted by atomic mass is 10.1. The fraction of sp³-hybridized carbons (Fsp3) is 0.214. The predicted octanol–water partition coefficient (Wildman–Crippen LogP) is 5.27. The van der Waals surface area contributed by atoms with Crippen molar-refractivity contribution in [1.82, 2.24) is 5.43 Å². The summed E-state index contributed by atoms with van der Waals surface area (Å²) in [4.78, 5) is 25.4. The Morgan fingerprint density at radius 2 is 1.67 bits per heavy atom. The lowest BCUT2D eigenvalue weighted by Crippen LogP contribution is -2.35. The summed E-state index contributed by atoms with van der Waals surface area (Å²) in [6.45, 7) is 6.83. The van der Waals surface area contributed by atoms with Crippen molar-refractivity contribution in [3.63, 3.8) is 0 Å². The largest absolute Gasteiger partial charge is 0.490 e. The summed E-state index contributed by atoms with van der Waals surface area (Å²) in [5.74, 6) is 0.629. The van der Waals surface area contributed by atoms with Gasteiger partial charge in [-0.3, -0.25) is 15.0 Å². The smallest absolute Gasteiger partial charge is 0.282 e. The van der Waals surface area contributed by atoms with Gasteiger partial charge < -0.3 is 14.2 Å². The van der Waals surface area contributed by atoms with E-state index in [1.54, 1.807) is 36.4 Å². The van der Waals surface area contributed by atoms with E-state index in [0.29, 0.717) is 41.0 Å². The molecule has 7 nitrogen and oxygen atoms in total. The highest BCUT2D eigenvalue weighted by molar-refractivity contribution is 6.33. The number of aryl methyl sites for hydroxylation is 2. The summed E-state index contributed by atoms with van der Waals surface area (Å²) < 4.78 is 17.5. The molecular formula is C28H27ClN2O5. The number of amides is 2. The molecule has 0 spiro atoms. The summed E-state index contributed by atoms with van der Waals surface area (Å²) in [6, 6.07) is 18.2. The average Bonchev–Trinajstić information content (AvgIpc) is 3.13. The van der Waals surface area contributed by atoms with Gasteiger partial charge in [0.25, 0.3) is 11.8 Å². The highest BCUT2D eigenvalue weighted by Gasteiger charge is 2.34. The van der Waals surface area contributed by atoms with Gasteiger partial charge in [-0.25, -0.2) is 5.01 Å². The first-order valence-electron chi connectivity index (χ1n) is 11.6. The lowest BCUT2D eigenvalue weighted by molar-refractivity contribution is -0.117. The van der Waals surface area contributed by atoms with Crippen molar-refractivity contribution >= 4 is 35.2 Å². The molecule has 1 fully saturated rings. The van der Waals surface area contributed by atoms with Crippen LogP contribution in [0.3, 0.4) is 0 Å². The van der Waals surface area contributed by atoms with Gasteiger partial charge in [-0.2, -0.15) is 0 Å². The Balaban J connectivity index is 1.49. The van der Waals surface area contributed by atoms with Crippen LogP contribution in [0.4, 0.5) is 5.69 Å². The zero-order valence-corrected chi connectivity index (χ0v) is 21.1. The van der Waals surface area contributed by atoms with Gasteiger partial charge in [0.15, 0.2) is 11.5 Å². The Morgan fingerprint density at radius 3 is 2.39 bits per heavy atom. The molecule has 8 heteroatoms. The van der Waals surface area contributed by atoms with Gasteiger partial charge >= 0.3 is 0 Å². The van der Waals surface area contributed by atoms with Crippen molar-refractivity contribution in [3.05, 3.63) is 87.9 Å². The SMILES string of the molecule is CCOc1cc(/C=C2/C(=O)NN(c3ccccc3)C2=O)cc(Cl)c1OCCOc1ccc(C)cc1C. The normalized spacial score (nSPS) is 14.2. The predicted molar refractivity (Wildman–Crippen MR) is 140 cm³/mol. The number of nitrogens with zero attached hydrogens (tertiary/aromatic N) is 1. The molecule has 2 amide bonds. The fourth-order valence-corrected chi connectivity index (χ4v) is 4.09. The Kier molecular flexibility index (Phi) is 7.80. The van der Waals surface area contributed by atoms with Crippen molar-refractivity contribution in [3.8, 4) is 17.2 Å². The summed E-state index contributed by atoms with van der Waals surface area (Å²) in [6.07, 6.45) is 1.49. The number of benzene rings is 3. The highest BCUT2D eigenvalue weighted by Crippen LogP contribution is 2.37. The molecule has 0 atom stereocenters. The first-order valence-corrected chi connectivity index (χ1v) is 12.0. The van der Waals surface area contributed by atoms with Crippen LogP contribution in [0.5, 0.6) is 17.2 Å². The summed E-state index contributed by atoms with van der Waals surface area (Å²) >= 11 is 6.52. The van der Waals surface area contributed by atoms with Crippen LogP contribution in [0.25, 0.3) is 6.08 Å². The van der Waals surface area contributed by atoms with Gasteiger partial charge in [0.2, 0.25) is 0 Å². The van der Waals surface area contributed by atoms with E-state index in [0.717, 1.165) is 11.3 Å². The number of rotatable bonds is 9. The average molecular weight is 507 g/mol. The molecule has 186 valence electrons. The molecule has 0 aliphatic carbocycles. The molecule has 0 radical (unpaired) electrons. The molecule has 3 aromatic rings. The Labute approximate surface area is 215 Å². The van der Waals surface area contributed by atoms with E-state index in [-0.39, 0.29) is 12.2 Å². The number of hydrogen-bond acceptors (Lipinski definition) is 5. The molecule has 1 heterocycles. The van der Waals surface area contributed by atoms with E-state index in [1.165, 1.54) is 16.6 Å². The van der Waals surface area contributed by atoms with Gasteiger partial charge in [-0.1, -0.05) is 47.5 Å². The second kappa shape index (κ2) is 11.2. The second-order valence-corrected chi connectivity index (χ2v) is 8.61. The Morgan fingerprint density at radius 1 is 0.917 bits per heavy atom. The number of halogens is 1. The molecule has 4 rings (SSSR count). The third-order valence-electron chi connectivity index (χ3n) is 5.47. The summed E-state index contributed by atoms with van der Waals surface area (Å²) in [5.41, 5.74) is 5.91. The highest BCUT2D eigenvalue weighted by atomic mass is 35.5. The molecule has 1 saturated heterocycles. The van der Waals surface area contributed by atoms with E-state index in [4.69, 9.17) is 25.8 Å². The van der Waals surface area contributed by atoms with Crippen LogP contribution >= 0.6 is 11.6 Å². The van der Waals surface area contributed by atoms with Crippen molar-refractivity contribution in [2.75, 3.05) is 24.8 Å². The molecule has 3 aromatic carbocycles. The van der Waals surface area contributed by atoms with E-state index >= 15 is 0 Å². The zero-order valence-electron chi connectivity index (χ0n) is 20.3. The summed E-state index contributed by atoms with van der Waals surface area (Å²) in [7, 11) is 0. The third kappa shape index (κ3) is 5.63. The number of para-hydroxylation sites is 1. The molecule has 1 aliphatic rings.